The molecule has 0 unspecified atom stereocenters. The van der Waals surface area contributed by atoms with E-state index in [0.29, 0.717) is 26.4 Å². The first-order valence-corrected chi connectivity index (χ1v) is 9.57. The maximum atomic E-state index is 5.70. The van der Waals surface area contributed by atoms with Gasteiger partial charge >= 0.3 is 0 Å². The van der Waals surface area contributed by atoms with Gasteiger partial charge in [0.25, 0.3) is 0 Å². The SMILES string of the molecule is CCNC(=NCCCOCCOC)NCCCCOCc1ccccc1. The molecular weight excluding hydrogens is 330 g/mol. The van der Waals surface area contributed by atoms with Crippen LogP contribution >= 0.6 is 0 Å². The zero-order valence-corrected chi connectivity index (χ0v) is 16.3. The van der Waals surface area contributed by atoms with Gasteiger partial charge in [-0.25, -0.2) is 0 Å². The van der Waals surface area contributed by atoms with Gasteiger partial charge in [0.1, 0.15) is 0 Å². The molecule has 0 saturated heterocycles. The van der Waals surface area contributed by atoms with Gasteiger partial charge in [0.2, 0.25) is 0 Å². The van der Waals surface area contributed by atoms with Crippen molar-refractivity contribution in [3.8, 4) is 0 Å². The lowest BCUT2D eigenvalue weighted by atomic mass is 10.2. The number of ether oxygens (including phenoxy) is 3. The zero-order chi connectivity index (χ0) is 18.7. The molecule has 0 aliphatic heterocycles. The van der Waals surface area contributed by atoms with E-state index in [1.165, 1.54) is 5.56 Å². The van der Waals surface area contributed by atoms with E-state index in [2.05, 4.69) is 34.7 Å². The van der Waals surface area contributed by atoms with Gasteiger partial charge in [-0.05, 0) is 31.7 Å². The van der Waals surface area contributed by atoms with Crippen LogP contribution in [0.25, 0.3) is 0 Å². The smallest absolute Gasteiger partial charge is 0.191 e. The van der Waals surface area contributed by atoms with Gasteiger partial charge < -0.3 is 24.8 Å². The minimum Gasteiger partial charge on any atom is -0.382 e. The third-order valence-corrected chi connectivity index (χ3v) is 3.61. The largest absolute Gasteiger partial charge is 0.382 e. The Kier molecular flexibility index (Phi) is 14.5. The predicted molar refractivity (Wildman–Crippen MR) is 107 cm³/mol. The molecule has 0 aliphatic carbocycles. The summed E-state index contributed by atoms with van der Waals surface area (Å²) < 4.78 is 16.1. The van der Waals surface area contributed by atoms with Gasteiger partial charge in [0.05, 0.1) is 19.8 Å². The molecule has 0 atom stereocenters. The van der Waals surface area contributed by atoms with Crippen LogP contribution in [0.5, 0.6) is 0 Å². The summed E-state index contributed by atoms with van der Waals surface area (Å²) >= 11 is 0. The minimum absolute atomic E-state index is 0.641. The average molecular weight is 366 g/mol. The van der Waals surface area contributed by atoms with Crippen molar-refractivity contribution in [3.63, 3.8) is 0 Å². The molecule has 1 rings (SSSR count). The van der Waals surface area contributed by atoms with Gasteiger partial charge in [0, 0.05) is 40.0 Å². The molecule has 0 heterocycles. The van der Waals surface area contributed by atoms with E-state index < -0.39 is 0 Å². The normalized spacial score (nSPS) is 11.5. The number of aliphatic imine (C=N–C) groups is 1. The van der Waals surface area contributed by atoms with E-state index in [1.807, 2.05) is 18.2 Å². The molecule has 0 aromatic heterocycles. The molecule has 6 nitrogen and oxygen atoms in total. The second-order valence-electron chi connectivity index (χ2n) is 5.89. The number of hydrogen-bond donors (Lipinski definition) is 2. The molecule has 2 N–H and O–H groups in total. The molecular formula is C20H35N3O3. The molecule has 0 saturated carbocycles. The van der Waals surface area contributed by atoms with Crippen molar-refractivity contribution in [1.82, 2.24) is 10.6 Å². The number of rotatable bonds is 15. The lowest BCUT2D eigenvalue weighted by Gasteiger charge is -2.11. The average Bonchev–Trinajstić information content (AvgIpc) is 2.67. The molecule has 26 heavy (non-hydrogen) atoms. The summed E-state index contributed by atoms with van der Waals surface area (Å²) in [7, 11) is 1.68. The standard InChI is InChI=1S/C20H35N3O3/c1-3-21-20(23-13-9-15-25-17-16-24-2)22-12-7-8-14-26-18-19-10-5-4-6-11-19/h4-6,10-11H,3,7-9,12-18H2,1-2H3,(H2,21,22,23). The fourth-order valence-electron chi connectivity index (χ4n) is 2.24. The lowest BCUT2D eigenvalue weighted by Crippen LogP contribution is -2.38. The summed E-state index contributed by atoms with van der Waals surface area (Å²) in [4.78, 5) is 4.56. The van der Waals surface area contributed by atoms with E-state index in [4.69, 9.17) is 14.2 Å². The molecule has 0 spiro atoms. The van der Waals surface area contributed by atoms with Crippen LogP contribution in [0, 0.1) is 0 Å². The summed E-state index contributed by atoms with van der Waals surface area (Å²) in [5.74, 6) is 0.870. The first-order chi connectivity index (χ1) is 12.9. The monoisotopic (exact) mass is 365 g/mol. The fourth-order valence-corrected chi connectivity index (χ4v) is 2.24. The van der Waals surface area contributed by atoms with E-state index >= 15 is 0 Å². The number of methoxy groups -OCH3 is 1. The molecule has 0 bridgehead atoms. The van der Waals surface area contributed by atoms with Crippen LogP contribution in [-0.4, -0.2) is 59.1 Å². The quantitative estimate of drug-likeness (QED) is 0.284. The number of guanidine groups is 1. The molecule has 1 aromatic carbocycles. The van der Waals surface area contributed by atoms with Crippen molar-refractivity contribution in [3.05, 3.63) is 35.9 Å². The topological polar surface area (TPSA) is 64.1 Å². The minimum atomic E-state index is 0.641. The molecule has 0 fully saturated rings. The fraction of sp³-hybridized carbons (Fsp3) is 0.650. The van der Waals surface area contributed by atoms with Crippen molar-refractivity contribution in [2.45, 2.75) is 32.8 Å². The summed E-state index contributed by atoms with van der Waals surface area (Å²) in [5.41, 5.74) is 1.22. The van der Waals surface area contributed by atoms with E-state index in [9.17, 15) is 0 Å². The highest BCUT2D eigenvalue weighted by atomic mass is 16.5. The maximum Gasteiger partial charge on any atom is 0.191 e. The molecule has 0 aliphatic rings. The Hall–Kier alpha value is -1.63. The zero-order valence-electron chi connectivity index (χ0n) is 16.3. The Morgan fingerprint density at radius 1 is 0.923 bits per heavy atom. The molecule has 148 valence electrons. The lowest BCUT2D eigenvalue weighted by molar-refractivity contribution is 0.0702. The Labute approximate surface area is 158 Å². The number of benzene rings is 1. The van der Waals surface area contributed by atoms with Crippen LogP contribution in [0.1, 0.15) is 31.7 Å². The van der Waals surface area contributed by atoms with Crippen LogP contribution in [-0.2, 0) is 20.8 Å². The first kappa shape index (κ1) is 22.4. The van der Waals surface area contributed by atoms with Crippen molar-refractivity contribution in [2.75, 3.05) is 53.2 Å². The number of unbranched alkanes of at least 4 members (excludes halogenated alkanes) is 1. The Bertz CT molecular complexity index is 455. The van der Waals surface area contributed by atoms with Crippen molar-refractivity contribution >= 4 is 5.96 Å². The summed E-state index contributed by atoms with van der Waals surface area (Å²) in [6, 6.07) is 10.3. The molecule has 0 radical (unpaired) electrons. The second kappa shape index (κ2) is 16.8. The van der Waals surface area contributed by atoms with E-state index in [1.54, 1.807) is 7.11 Å². The molecule has 1 aromatic rings. The van der Waals surface area contributed by atoms with Crippen molar-refractivity contribution in [2.24, 2.45) is 4.99 Å². The maximum absolute atomic E-state index is 5.70. The number of hydrogen-bond acceptors (Lipinski definition) is 4. The van der Waals surface area contributed by atoms with Crippen LogP contribution < -0.4 is 10.6 Å². The van der Waals surface area contributed by atoms with Gasteiger partial charge in [0.15, 0.2) is 5.96 Å². The van der Waals surface area contributed by atoms with E-state index in [-0.39, 0.29) is 0 Å². The van der Waals surface area contributed by atoms with Crippen LogP contribution in [0.4, 0.5) is 0 Å². The van der Waals surface area contributed by atoms with Crippen LogP contribution in [0.2, 0.25) is 0 Å². The Morgan fingerprint density at radius 2 is 1.73 bits per heavy atom. The first-order valence-electron chi connectivity index (χ1n) is 9.57. The number of nitrogens with one attached hydrogen (secondary N) is 2. The Morgan fingerprint density at radius 3 is 2.50 bits per heavy atom. The van der Waals surface area contributed by atoms with Gasteiger partial charge in [-0.15, -0.1) is 0 Å². The van der Waals surface area contributed by atoms with Gasteiger partial charge in [-0.2, -0.15) is 0 Å². The summed E-state index contributed by atoms with van der Waals surface area (Å²) in [6.07, 6.45) is 3.00. The highest BCUT2D eigenvalue weighted by Gasteiger charge is 1.97. The van der Waals surface area contributed by atoms with Crippen molar-refractivity contribution < 1.29 is 14.2 Å². The molecule has 0 amide bonds. The summed E-state index contributed by atoms with van der Waals surface area (Å²) in [5, 5.41) is 6.63. The third-order valence-electron chi connectivity index (χ3n) is 3.61. The Balaban J connectivity index is 2.02. The second-order valence-corrected chi connectivity index (χ2v) is 5.89. The van der Waals surface area contributed by atoms with E-state index in [0.717, 1.165) is 51.5 Å². The highest BCUT2D eigenvalue weighted by molar-refractivity contribution is 5.79. The van der Waals surface area contributed by atoms with Gasteiger partial charge in [-0.3, -0.25) is 4.99 Å². The van der Waals surface area contributed by atoms with Crippen LogP contribution in [0.3, 0.4) is 0 Å². The third kappa shape index (κ3) is 12.7. The summed E-state index contributed by atoms with van der Waals surface area (Å²) in [6.45, 7) is 8.04. The highest BCUT2D eigenvalue weighted by Crippen LogP contribution is 2.01. The molecule has 6 heteroatoms. The van der Waals surface area contributed by atoms with Crippen molar-refractivity contribution in [1.29, 1.82) is 0 Å². The van der Waals surface area contributed by atoms with Crippen LogP contribution in [0.15, 0.2) is 35.3 Å². The predicted octanol–water partition coefficient (Wildman–Crippen LogP) is 2.59. The number of nitrogens with zero attached hydrogens (tertiary/aromatic N) is 1. The van der Waals surface area contributed by atoms with Gasteiger partial charge in [-0.1, -0.05) is 30.3 Å².